The summed E-state index contributed by atoms with van der Waals surface area (Å²) in [4.78, 5) is 79.8. The molecule has 10 rings (SSSR count). The third kappa shape index (κ3) is 27.8. The van der Waals surface area contributed by atoms with E-state index in [1.54, 1.807) is 42.5 Å². The van der Waals surface area contributed by atoms with E-state index >= 15 is 0 Å². The van der Waals surface area contributed by atoms with Crippen LogP contribution in [-0.2, 0) is 30.5 Å². The van der Waals surface area contributed by atoms with Crippen molar-refractivity contribution in [2.45, 2.75) is 94.9 Å². The Labute approximate surface area is 589 Å². The van der Waals surface area contributed by atoms with E-state index in [1.165, 1.54) is 18.2 Å². The number of carboxylic acids is 3. The molecule has 0 unspecified atom stereocenters. The highest BCUT2D eigenvalue weighted by Gasteiger charge is 2.14. The maximum Gasteiger partial charge on any atom is 0.335 e. The summed E-state index contributed by atoms with van der Waals surface area (Å²) < 4.78 is 0. The van der Waals surface area contributed by atoms with Crippen molar-refractivity contribution in [3.05, 3.63) is 258 Å². The van der Waals surface area contributed by atoms with Crippen molar-refractivity contribution in [3.63, 3.8) is 0 Å². The summed E-state index contributed by atoms with van der Waals surface area (Å²) in [6.07, 6.45) is 3.47. The molecule has 3 aromatic heterocycles. The second-order valence-electron chi connectivity index (χ2n) is 21.6. The summed E-state index contributed by atoms with van der Waals surface area (Å²) in [5, 5.41) is 33.3. The van der Waals surface area contributed by atoms with Crippen molar-refractivity contribution in [1.82, 2.24) is 44.9 Å². The quantitative estimate of drug-likeness (QED) is 0.0275. The highest BCUT2D eigenvalue weighted by molar-refractivity contribution is 6.66. The number of aromatic carboxylic acids is 3. The third-order valence-corrected chi connectivity index (χ3v) is 14.2. The average Bonchev–Trinajstić information content (AvgIpc) is 0.847. The second kappa shape index (κ2) is 39.3. The lowest BCUT2D eigenvalue weighted by molar-refractivity contribution is -0.107. The number of carbonyl (C=O) groups is 4. The smallest absolute Gasteiger partial charge is 0.335 e. The maximum atomic E-state index is 11.4. The number of carboxylic acid groups (broad SMARTS) is 3. The first-order valence-electron chi connectivity index (χ1n) is 29.9. The summed E-state index contributed by atoms with van der Waals surface area (Å²) in [5.74, 6) is 0.532. The molecule has 0 amide bonds. The van der Waals surface area contributed by atoms with Crippen LogP contribution in [0.5, 0.6) is 0 Å². The predicted octanol–water partition coefficient (Wildman–Crippen LogP) is 14.8. The number of carbonyl (C=O) groups excluding carboxylic acids is 1. The molecule has 0 saturated carbocycles. The van der Waals surface area contributed by atoms with Gasteiger partial charge in [0.25, 0.3) is 0 Å². The largest absolute Gasteiger partial charge is 0.478 e. The van der Waals surface area contributed by atoms with Crippen LogP contribution in [0.25, 0.3) is 0 Å². The van der Waals surface area contributed by atoms with Crippen LogP contribution in [0.3, 0.4) is 0 Å². The Bertz CT molecular complexity index is 4110. The fourth-order valence-corrected chi connectivity index (χ4v) is 9.44. The Morgan fingerprint density at radius 2 is 0.714 bits per heavy atom. The van der Waals surface area contributed by atoms with Gasteiger partial charge in [0.2, 0.25) is 33.0 Å². The summed E-state index contributed by atoms with van der Waals surface area (Å²) >= 11 is 20.7. The number of nitrogens with zero attached hydrogens (tertiary/aromatic N) is 9. The number of aryl methyl sites for hydroxylation is 10. The van der Waals surface area contributed by atoms with E-state index < -0.39 is 23.2 Å². The molecule has 23 nitrogen and oxygen atoms in total. The van der Waals surface area contributed by atoms with E-state index in [4.69, 9.17) is 80.2 Å². The van der Waals surface area contributed by atoms with Gasteiger partial charge in [0.05, 0.1) is 16.7 Å². The molecule has 3 heterocycles. The van der Waals surface area contributed by atoms with Crippen LogP contribution in [-0.4, -0.2) is 83.3 Å². The maximum absolute atomic E-state index is 11.4. The van der Waals surface area contributed by atoms with Crippen LogP contribution in [0.2, 0.25) is 15.9 Å². The summed E-state index contributed by atoms with van der Waals surface area (Å²) in [6.45, 7) is 22.9. The van der Waals surface area contributed by atoms with Gasteiger partial charge in [0, 0.05) is 52.7 Å². The Morgan fingerprint density at radius 3 is 1.00 bits per heavy atom. The minimum Gasteiger partial charge on any atom is -0.478 e. The van der Waals surface area contributed by atoms with Crippen LogP contribution < -0.4 is 39.3 Å². The Hall–Kier alpha value is -10.9. The lowest BCUT2D eigenvalue weighted by atomic mass is 10.0. The van der Waals surface area contributed by atoms with E-state index in [2.05, 4.69) is 62.1 Å². The number of nitrogens with one attached hydrogen (secondary N) is 2. The summed E-state index contributed by atoms with van der Waals surface area (Å²) in [7, 11) is 0. The third-order valence-electron chi connectivity index (χ3n) is 13.6. The van der Waals surface area contributed by atoms with Crippen molar-refractivity contribution in [1.29, 1.82) is 0 Å². The first kappa shape index (κ1) is 79.6. The van der Waals surface area contributed by atoms with Gasteiger partial charge >= 0.3 is 17.9 Å². The van der Waals surface area contributed by atoms with Gasteiger partial charge in [-0.25, -0.2) is 24.4 Å². The van der Waals surface area contributed by atoms with E-state index in [0.29, 0.717) is 70.8 Å². The molecule has 0 bridgehead atoms. The molecule has 512 valence electrons. The molecule has 15 N–H and O–H groups in total. The fraction of sp³-hybridized carbons (Fsp3) is 0.197. The van der Waals surface area contributed by atoms with Gasteiger partial charge < -0.3 is 54.6 Å². The number of hydrogen-bond donors (Lipinski definition) is 10. The number of allylic oxidation sites excluding steroid dienone is 1. The normalized spacial score (nSPS) is 10.0. The monoisotopic (exact) mass is 1410 g/mol. The Kier molecular flexibility index (Phi) is 31.9. The topological polar surface area (TPSA) is 399 Å². The Morgan fingerprint density at radius 1 is 0.418 bits per heavy atom. The number of rotatable bonds is 14. The molecule has 98 heavy (non-hydrogen) atoms. The molecule has 7 aromatic carbocycles. The summed E-state index contributed by atoms with van der Waals surface area (Å²) in [6, 6.07) is 40.4. The fourth-order valence-electron chi connectivity index (χ4n) is 8.83. The molecule has 0 aliphatic rings. The lowest BCUT2D eigenvalue weighted by Gasteiger charge is -2.12. The SMILES string of the molecule is C=CC(=O)Cl.CCc1cc(Cc2nc(C)nc(Nc3c(C)cccc3C)n2)cc(C(=O)O)c1.CCc1cc(Cc2nc(C)nc(Nc3c(C)cccc3C)n2)cc(C(=O)O)c1.Cc1cccc(C)c1N.Clc1nc(Cl)nc(Cl)n1.Nc1cc(N)cc(C(=O)O)c1.Nc1cccc(N)c1. The van der Waals surface area contributed by atoms with Crippen LogP contribution >= 0.6 is 46.4 Å². The number of para-hydroxylation sites is 3. The van der Waals surface area contributed by atoms with Crippen molar-refractivity contribution in [3.8, 4) is 0 Å². The van der Waals surface area contributed by atoms with E-state index in [9.17, 15) is 29.4 Å². The van der Waals surface area contributed by atoms with Gasteiger partial charge in [0.1, 0.15) is 23.3 Å². The summed E-state index contributed by atoms with van der Waals surface area (Å²) in [5.41, 5.74) is 43.4. The molecular weight excluding hydrogens is 1330 g/mol. The molecule has 0 saturated heterocycles. The zero-order valence-corrected chi connectivity index (χ0v) is 58.7. The molecule has 0 atom stereocenters. The number of aromatic nitrogens is 9. The van der Waals surface area contributed by atoms with E-state index in [-0.39, 0.29) is 32.5 Å². The van der Waals surface area contributed by atoms with Crippen molar-refractivity contribution in [2.24, 2.45) is 0 Å². The van der Waals surface area contributed by atoms with Gasteiger partial charge in [-0.05, 0) is 237 Å². The van der Waals surface area contributed by atoms with Crippen LogP contribution in [0.15, 0.2) is 146 Å². The first-order chi connectivity index (χ1) is 46.2. The average molecular weight is 1410 g/mol. The molecular formula is C71H78Cl4N16O7. The highest BCUT2D eigenvalue weighted by Crippen LogP contribution is 2.26. The number of benzene rings is 7. The standard InChI is InChI=1S/2C22H24N4O2.C8H11N.C7H8N2O2.C6H8N2.C3Cl3N3.C3H3ClO/c2*1-5-16-9-17(11-18(10-16)21(27)28)12-19-23-15(4)24-22(25-19)26-20-13(2)7-6-8-14(20)3;1-6-4-3-5-7(2)8(6)9;8-5-1-4(7(10)11)2-6(9)3-5;7-5-2-1-3-6(8)4-5;4-1-7-2(5)9-3(6)8-1;1-2-3(4)5/h2*6-11H,5,12H2,1-4H3,(H,27,28)(H,23,24,25,26);3-5H,9H2,1-2H3;1-3H,8-9H2,(H,10,11);1-4H,7-8H2;;2H,1H2. The van der Waals surface area contributed by atoms with Crippen LogP contribution in [0.4, 0.5) is 51.7 Å². The molecule has 0 radical (unpaired) electrons. The minimum absolute atomic E-state index is 0.000000000000000444. The molecule has 0 aliphatic carbocycles. The van der Waals surface area contributed by atoms with Crippen molar-refractivity contribution >= 4 is 121 Å². The number of anilines is 9. The number of halogens is 4. The van der Waals surface area contributed by atoms with Gasteiger partial charge in [-0.15, -0.1) is 0 Å². The first-order valence-corrected chi connectivity index (χ1v) is 31.5. The predicted molar refractivity (Wildman–Crippen MR) is 392 cm³/mol. The van der Waals surface area contributed by atoms with E-state index in [0.717, 1.165) is 91.6 Å². The molecule has 0 fully saturated rings. The number of nitrogens with two attached hydrogens (primary N) is 5. The van der Waals surface area contributed by atoms with Crippen LogP contribution in [0.1, 0.15) is 124 Å². The minimum atomic E-state index is -1.02. The van der Waals surface area contributed by atoms with Crippen molar-refractivity contribution < 1.29 is 34.5 Å². The van der Waals surface area contributed by atoms with Gasteiger partial charge in [-0.2, -0.15) is 34.9 Å². The zero-order chi connectivity index (χ0) is 72.9. The number of hydrogen-bond acceptors (Lipinski definition) is 20. The Balaban J connectivity index is 0.000000266. The molecule has 0 aliphatic heterocycles. The highest BCUT2D eigenvalue weighted by atomic mass is 35.5. The van der Waals surface area contributed by atoms with Crippen molar-refractivity contribution in [2.75, 3.05) is 39.3 Å². The molecule has 10 aromatic rings. The van der Waals surface area contributed by atoms with Gasteiger partial charge in [-0.3, -0.25) is 4.79 Å². The second-order valence-corrected chi connectivity index (χ2v) is 23.0. The van der Waals surface area contributed by atoms with Gasteiger partial charge in [-0.1, -0.05) is 93.2 Å². The number of nitrogen functional groups attached to an aromatic ring is 5. The zero-order valence-electron chi connectivity index (χ0n) is 55.7. The van der Waals surface area contributed by atoms with E-state index in [1.807, 2.05) is 142 Å². The molecule has 27 heteroatoms. The molecule has 0 spiro atoms. The van der Waals surface area contributed by atoms with Crippen LogP contribution in [0, 0.1) is 55.4 Å². The lowest BCUT2D eigenvalue weighted by Crippen LogP contribution is -2.08. The van der Waals surface area contributed by atoms with Gasteiger partial charge in [0.15, 0.2) is 0 Å².